The van der Waals surface area contributed by atoms with Gasteiger partial charge in [0.25, 0.3) is 0 Å². The van der Waals surface area contributed by atoms with Gasteiger partial charge in [0.1, 0.15) is 11.6 Å². The van der Waals surface area contributed by atoms with Crippen LogP contribution in [0.1, 0.15) is 24.0 Å². The van der Waals surface area contributed by atoms with Gasteiger partial charge in [-0.25, -0.2) is 0 Å². The van der Waals surface area contributed by atoms with Gasteiger partial charge in [-0.3, -0.25) is 14.4 Å². The van der Waals surface area contributed by atoms with Crippen LogP contribution in [-0.4, -0.2) is 65.2 Å². The number of benzene rings is 2. The molecule has 9 heteroatoms. The standard InChI is InChI=1S/C27H30ClN3O5/c1-15-7-6-10-18(28)22(15)30-25(34)23-27-12-11-19(36-27)20(24(33)29-2)21(27)26(35)31(23)17(14-32)13-16-8-4-3-5-9-16/h3-10,17,19-21,23,32H,11-14H2,1-2H3,(H,29,33)(H,30,34)/t17-,19+,20-,21+,23?,27?/m1/s1. The van der Waals surface area contributed by atoms with Crippen LogP contribution in [0.4, 0.5) is 5.69 Å². The number of anilines is 1. The van der Waals surface area contributed by atoms with Gasteiger partial charge in [0.05, 0.1) is 41.3 Å². The van der Waals surface area contributed by atoms with Gasteiger partial charge in [-0.05, 0) is 43.4 Å². The quantitative estimate of drug-likeness (QED) is 0.528. The number of nitrogens with zero attached hydrogens (tertiary/aromatic N) is 1. The maximum absolute atomic E-state index is 14.0. The largest absolute Gasteiger partial charge is 0.394 e. The fourth-order valence-corrected chi connectivity index (χ4v) is 6.64. The van der Waals surface area contributed by atoms with Crippen molar-refractivity contribution in [2.75, 3.05) is 19.0 Å². The molecule has 3 saturated heterocycles. The third-order valence-electron chi connectivity index (χ3n) is 7.92. The van der Waals surface area contributed by atoms with Crippen molar-refractivity contribution in [3.8, 4) is 0 Å². The summed E-state index contributed by atoms with van der Waals surface area (Å²) in [6.45, 7) is 1.50. The minimum Gasteiger partial charge on any atom is -0.394 e. The predicted octanol–water partition coefficient (Wildman–Crippen LogP) is 2.31. The zero-order valence-corrected chi connectivity index (χ0v) is 21.0. The Labute approximate surface area is 215 Å². The van der Waals surface area contributed by atoms with E-state index >= 15 is 0 Å². The number of fused-ring (bicyclic) bond motifs is 1. The molecule has 0 aromatic heterocycles. The van der Waals surface area contributed by atoms with Gasteiger partial charge in [0.15, 0.2) is 0 Å². The molecule has 5 rings (SSSR count). The van der Waals surface area contributed by atoms with E-state index in [-0.39, 0.29) is 18.4 Å². The zero-order chi connectivity index (χ0) is 25.6. The summed E-state index contributed by atoms with van der Waals surface area (Å²) in [5.41, 5.74) is 1.02. The second-order valence-electron chi connectivity index (χ2n) is 9.86. The van der Waals surface area contributed by atoms with E-state index in [2.05, 4.69) is 10.6 Å². The molecule has 3 N–H and O–H groups in total. The minimum atomic E-state index is -1.15. The summed E-state index contributed by atoms with van der Waals surface area (Å²) in [6.07, 6.45) is 0.975. The zero-order valence-electron chi connectivity index (χ0n) is 20.2. The molecule has 1 spiro atoms. The number of nitrogens with one attached hydrogen (secondary N) is 2. The van der Waals surface area contributed by atoms with Gasteiger partial charge in [0.2, 0.25) is 17.7 Å². The van der Waals surface area contributed by atoms with Crippen LogP contribution in [0.15, 0.2) is 48.5 Å². The van der Waals surface area contributed by atoms with Crippen molar-refractivity contribution in [3.05, 3.63) is 64.7 Å². The van der Waals surface area contributed by atoms with Crippen LogP contribution in [0.2, 0.25) is 5.02 Å². The van der Waals surface area contributed by atoms with Crippen molar-refractivity contribution in [1.82, 2.24) is 10.2 Å². The average Bonchev–Trinajstić information content (AvgIpc) is 3.52. The number of carbonyl (C=O) groups excluding carboxylic acids is 3. The first kappa shape index (κ1) is 24.7. The summed E-state index contributed by atoms with van der Waals surface area (Å²) < 4.78 is 6.40. The lowest BCUT2D eigenvalue weighted by Gasteiger charge is -2.37. The Kier molecular flexibility index (Phi) is 6.53. The van der Waals surface area contributed by atoms with E-state index in [9.17, 15) is 19.5 Å². The summed E-state index contributed by atoms with van der Waals surface area (Å²) >= 11 is 6.39. The molecule has 3 heterocycles. The maximum Gasteiger partial charge on any atom is 0.250 e. The van der Waals surface area contributed by atoms with Gasteiger partial charge in [-0.15, -0.1) is 0 Å². The lowest BCUT2D eigenvalue weighted by Crippen LogP contribution is -2.56. The van der Waals surface area contributed by atoms with Crippen LogP contribution in [0, 0.1) is 18.8 Å². The Bertz CT molecular complexity index is 1170. The summed E-state index contributed by atoms with van der Waals surface area (Å²) in [5.74, 6) is -2.53. The van der Waals surface area contributed by atoms with E-state index in [4.69, 9.17) is 16.3 Å². The fraction of sp³-hybridized carbons (Fsp3) is 0.444. The minimum absolute atomic E-state index is 0.272. The number of halogens is 1. The molecule has 0 radical (unpaired) electrons. The van der Waals surface area contributed by atoms with E-state index in [1.54, 1.807) is 12.1 Å². The summed E-state index contributed by atoms with van der Waals surface area (Å²) in [6, 6.07) is 13.1. The molecular formula is C27H30ClN3O5. The highest BCUT2D eigenvalue weighted by molar-refractivity contribution is 6.34. The number of rotatable bonds is 7. The molecule has 6 atom stereocenters. The van der Waals surface area contributed by atoms with E-state index < -0.39 is 41.5 Å². The van der Waals surface area contributed by atoms with Gasteiger partial charge in [-0.1, -0.05) is 54.1 Å². The molecule has 190 valence electrons. The molecule has 2 aromatic carbocycles. The summed E-state index contributed by atoms with van der Waals surface area (Å²) in [7, 11) is 1.54. The Morgan fingerprint density at radius 3 is 2.61 bits per heavy atom. The topological polar surface area (TPSA) is 108 Å². The second-order valence-corrected chi connectivity index (χ2v) is 10.3. The summed E-state index contributed by atoms with van der Waals surface area (Å²) in [5, 5.41) is 16.4. The molecule has 0 saturated carbocycles. The van der Waals surface area contributed by atoms with E-state index in [1.807, 2.05) is 43.3 Å². The predicted molar refractivity (Wildman–Crippen MR) is 134 cm³/mol. The Hall–Kier alpha value is -2.94. The number of aliphatic hydroxyl groups is 1. The Balaban J connectivity index is 1.57. The number of para-hydroxylation sites is 1. The number of aliphatic hydroxyl groups excluding tert-OH is 1. The number of amides is 3. The van der Waals surface area contributed by atoms with Crippen molar-refractivity contribution < 1.29 is 24.2 Å². The lowest BCUT2D eigenvalue weighted by molar-refractivity contribution is -0.143. The number of likely N-dealkylation sites (tertiary alicyclic amines) is 1. The van der Waals surface area contributed by atoms with E-state index in [1.165, 1.54) is 11.9 Å². The first-order valence-corrected chi connectivity index (χ1v) is 12.6. The molecule has 3 amide bonds. The molecule has 2 bridgehead atoms. The third-order valence-corrected chi connectivity index (χ3v) is 8.24. The van der Waals surface area contributed by atoms with Crippen molar-refractivity contribution in [3.63, 3.8) is 0 Å². The van der Waals surface area contributed by atoms with Crippen molar-refractivity contribution in [2.45, 2.75) is 50.0 Å². The van der Waals surface area contributed by atoms with E-state index in [0.717, 1.165) is 11.1 Å². The van der Waals surface area contributed by atoms with Crippen LogP contribution >= 0.6 is 11.6 Å². The highest BCUT2D eigenvalue weighted by Crippen LogP contribution is 2.59. The number of carbonyl (C=O) groups is 3. The Morgan fingerprint density at radius 1 is 1.19 bits per heavy atom. The average molecular weight is 512 g/mol. The highest BCUT2D eigenvalue weighted by Gasteiger charge is 2.75. The van der Waals surface area contributed by atoms with Gasteiger partial charge in [-0.2, -0.15) is 0 Å². The normalized spacial score (nSPS) is 29.2. The lowest BCUT2D eigenvalue weighted by atomic mass is 9.70. The first-order chi connectivity index (χ1) is 17.3. The van der Waals surface area contributed by atoms with Crippen LogP contribution in [0.25, 0.3) is 0 Å². The molecule has 2 unspecified atom stereocenters. The molecule has 3 fully saturated rings. The number of hydrogen-bond donors (Lipinski definition) is 3. The highest BCUT2D eigenvalue weighted by atomic mass is 35.5. The Morgan fingerprint density at radius 2 is 1.94 bits per heavy atom. The van der Waals surface area contributed by atoms with Crippen LogP contribution < -0.4 is 10.6 Å². The number of hydrogen-bond acceptors (Lipinski definition) is 5. The molecular weight excluding hydrogens is 482 g/mol. The van der Waals surface area contributed by atoms with Crippen molar-refractivity contribution in [2.24, 2.45) is 11.8 Å². The molecule has 0 aliphatic carbocycles. The SMILES string of the molecule is CNC(=O)[C@@H]1[C@@H]2CCC3(O2)C(C(=O)Nc2c(C)cccc2Cl)N([C@@H](CO)Cc2ccccc2)C(=O)[C@H]13. The fourth-order valence-electron chi connectivity index (χ4n) is 6.37. The van der Waals surface area contributed by atoms with Gasteiger partial charge in [0, 0.05) is 7.05 Å². The van der Waals surface area contributed by atoms with Crippen LogP contribution in [-0.2, 0) is 25.5 Å². The molecule has 3 aliphatic heterocycles. The van der Waals surface area contributed by atoms with Crippen molar-refractivity contribution in [1.29, 1.82) is 0 Å². The monoisotopic (exact) mass is 511 g/mol. The number of ether oxygens (including phenoxy) is 1. The summed E-state index contributed by atoms with van der Waals surface area (Å²) in [4.78, 5) is 42.4. The maximum atomic E-state index is 14.0. The first-order valence-electron chi connectivity index (χ1n) is 12.2. The van der Waals surface area contributed by atoms with Crippen LogP contribution in [0.5, 0.6) is 0 Å². The second kappa shape index (κ2) is 9.50. The molecule has 8 nitrogen and oxygen atoms in total. The van der Waals surface area contributed by atoms with Crippen LogP contribution in [0.3, 0.4) is 0 Å². The molecule has 3 aliphatic rings. The van der Waals surface area contributed by atoms with Gasteiger partial charge >= 0.3 is 0 Å². The van der Waals surface area contributed by atoms with E-state index in [0.29, 0.717) is 30.0 Å². The third kappa shape index (κ3) is 3.79. The number of aryl methyl sites for hydroxylation is 1. The molecule has 2 aromatic rings. The smallest absolute Gasteiger partial charge is 0.250 e. The molecule has 36 heavy (non-hydrogen) atoms. The van der Waals surface area contributed by atoms with Gasteiger partial charge < -0.3 is 25.4 Å². The van der Waals surface area contributed by atoms with Crippen molar-refractivity contribution >= 4 is 35.0 Å².